The van der Waals surface area contributed by atoms with Crippen molar-refractivity contribution in [1.29, 1.82) is 0 Å². The minimum Gasteiger partial charge on any atom is -0.443 e. The minimum absolute atomic E-state index is 0.176. The highest BCUT2D eigenvalue weighted by Gasteiger charge is 2.36. The highest BCUT2D eigenvalue weighted by Crippen LogP contribution is 2.27. The van der Waals surface area contributed by atoms with Gasteiger partial charge in [-0.2, -0.15) is 0 Å². The highest BCUT2D eigenvalue weighted by molar-refractivity contribution is 9.10. The molecule has 2 heterocycles. The van der Waals surface area contributed by atoms with Crippen LogP contribution in [-0.4, -0.2) is 39.0 Å². The van der Waals surface area contributed by atoms with Gasteiger partial charge in [-0.15, -0.1) is 0 Å². The molecular formula is C24H26BrClN4O3S. The molecule has 180 valence electrons. The summed E-state index contributed by atoms with van der Waals surface area (Å²) in [5.41, 5.74) is 2.58. The molecule has 7 nitrogen and oxygen atoms in total. The Labute approximate surface area is 218 Å². The van der Waals surface area contributed by atoms with E-state index in [-0.39, 0.29) is 17.1 Å². The highest BCUT2D eigenvalue weighted by atomic mass is 79.9. The molecule has 2 aromatic rings. The summed E-state index contributed by atoms with van der Waals surface area (Å²) in [6.07, 6.45) is 3.10. The van der Waals surface area contributed by atoms with E-state index in [0.717, 1.165) is 20.5 Å². The van der Waals surface area contributed by atoms with Crippen LogP contribution < -0.4 is 10.6 Å². The van der Waals surface area contributed by atoms with Gasteiger partial charge in [-0.25, -0.2) is 9.69 Å². The number of ether oxygens (including phenoxy) is 1. The number of halogens is 2. The quantitative estimate of drug-likeness (QED) is 0.446. The minimum atomic E-state index is -0.732. The Morgan fingerprint density at radius 3 is 2.74 bits per heavy atom. The number of amides is 2. The Balaban J connectivity index is 1.93. The zero-order valence-electron chi connectivity index (χ0n) is 19.4. The fraction of sp³-hybridized carbons (Fsp3) is 0.333. The molecule has 3 rings (SSSR count). The number of benzene rings is 1. The summed E-state index contributed by atoms with van der Waals surface area (Å²) in [5, 5.41) is 7.03. The number of thiocarbonyl (C=S) groups is 1. The molecule has 1 aromatic carbocycles. The van der Waals surface area contributed by atoms with Crippen LogP contribution in [0.1, 0.15) is 38.3 Å². The van der Waals surface area contributed by atoms with Gasteiger partial charge in [0.2, 0.25) is 0 Å². The van der Waals surface area contributed by atoms with Crippen LogP contribution in [0.3, 0.4) is 0 Å². The monoisotopic (exact) mass is 564 g/mol. The van der Waals surface area contributed by atoms with Crippen molar-refractivity contribution in [3.63, 3.8) is 0 Å². The number of hydrogen-bond acceptors (Lipinski definition) is 6. The van der Waals surface area contributed by atoms with Crippen LogP contribution in [0.15, 0.2) is 52.4 Å². The maximum Gasteiger partial charge on any atom is 0.417 e. The second-order valence-electron chi connectivity index (χ2n) is 8.73. The Morgan fingerprint density at radius 1 is 1.32 bits per heavy atom. The van der Waals surface area contributed by atoms with Gasteiger partial charge in [0.15, 0.2) is 0 Å². The first-order valence-electron chi connectivity index (χ1n) is 10.6. The molecule has 1 aliphatic heterocycles. The van der Waals surface area contributed by atoms with E-state index in [2.05, 4.69) is 31.5 Å². The third kappa shape index (κ3) is 6.34. The number of imide groups is 1. The lowest BCUT2D eigenvalue weighted by atomic mass is 10.0. The summed E-state index contributed by atoms with van der Waals surface area (Å²) in [6, 6.07) is 7.28. The standard InChI is InChI=1S/C24H26BrClN4O3S/c1-14-17(26)6-5-7-18(14)29-21(34)20-19(28-12-15-8-10-27-13-16(15)25)9-11-30(22(20)31)23(32)33-24(2,3)4/h5-8,10,13,28H,9,11-12H2,1-4H3,(H,29,34). The van der Waals surface area contributed by atoms with Gasteiger partial charge in [0.25, 0.3) is 5.91 Å². The normalized spacial score (nSPS) is 14.2. The van der Waals surface area contributed by atoms with Crippen LogP contribution in [0.25, 0.3) is 0 Å². The van der Waals surface area contributed by atoms with E-state index in [0.29, 0.717) is 29.4 Å². The molecule has 0 saturated heterocycles. The summed E-state index contributed by atoms with van der Waals surface area (Å²) >= 11 is 15.4. The van der Waals surface area contributed by atoms with Gasteiger partial charge in [0, 0.05) is 52.8 Å². The van der Waals surface area contributed by atoms with Gasteiger partial charge in [-0.1, -0.05) is 29.9 Å². The van der Waals surface area contributed by atoms with Crippen LogP contribution in [0.4, 0.5) is 10.5 Å². The number of aromatic nitrogens is 1. The first kappa shape index (κ1) is 26.1. The maximum atomic E-state index is 13.5. The predicted octanol–water partition coefficient (Wildman–Crippen LogP) is 5.76. The van der Waals surface area contributed by atoms with Crippen molar-refractivity contribution in [1.82, 2.24) is 15.2 Å². The second-order valence-corrected chi connectivity index (χ2v) is 10.4. The molecule has 0 radical (unpaired) electrons. The Morgan fingerprint density at radius 2 is 2.06 bits per heavy atom. The molecule has 1 aliphatic rings. The van der Waals surface area contributed by atoms with Gasteiger partial charge >= 0.3 is 6.09 Å². The Bertz CT molecular complexity index is 1160. The molecule has 34 heavy (non-hydrogen) atoms. The molecule has 0 fully saturated rings. The van der Waals surface area contributed by atoms with E-state index in [1.54, 1.807) is 45.3 Å². The lowest BCUT2D eigenvalue weighted by Gasteiger charge is -2.31. The van der Waals surface area contributed by atoms with E-state index in [1.807, 2.05) is 19.1 Å². The summed E-state index contributed by atoms with van der Waals surface area (Å²) in [5.74, 6) is -0.519. The average Bonchev–Trinajstić information content (AvgIpc) is 2.75. The Hall–Kier alpha value is -2.49. The van der Waals surface area contributed by atoms with Crippen LogP contribution in [0, 0.1) is 6.92 Å². The average molecular weight is 566 g/mol. The van der Waals surface area contributed by atoms with Crippen LogP contribution >= 0.6 is 39.7 Å². The van der Waals surface area contributed by atoms with E-state index in [4.69, 9.17) is 28.6 Å². The Kier molecular flexibility index (Phi) is 8.33. The summed E-state index contributed by atoms with van der Waals surface area (Å²) in [6.45, 7) is 7.74. The van der Waals surface area contributed by atoms with Crippen molar-refractivity contribution >= 4 is 62.4 Å². The van der Waals surface area contributed by atoms with E-state index in [9.17, 15) is 9.59 Å². The van der Waals surface area contributed by atoms with Crippen molar-refractivity contribution in [2.45, 2.75) is 46.3 Å². The number of pyridine rings is 1. The van der Waals surface area contributed by atoms with Gasteiger partial charge in [-0.3, -0.25) is 9.78 Å². The molecule has 10 heteroatoms. The molecule has 2 N–H and O–H groups in total. The molecule has 0 unspecified atom stereocenters. The number of rotatable bonds is 5. The zero-order valence-corrected chi connectivity index (χ0v) is 22.5. The van der Waals surface area contributed by atoms with Crippen molar-refractivity contribution in [3.8, 4) is 0 Å². The van der Waals surface area contributed by atoms with Crippen molar-refractivity contribution in [2.24, 2.45) is 0 Å². The van der Waals surface area contributed by atoms with Crippen LogP contribution in [-0.2, 0) is 16.1 Å². The van der Waals surface area contributed by atoms with Crippen molar-refractivity contribution in [2.75, 3.05) is 11.9 Å². The van der Waals surface area contributed by atoms with E-state index < -0.39 is 17.6 Å². The first-order chi connectivity index (χ1) is 16.0. The third-order valence-electron chi connectivity index (χ3n) is 5.05. The lowest BCUT2D eigenvalue weighted by molar-refractivity contribution is -0.126. The predicted molar refractivity (Wildman–Crippen MR) is 141 cm³/mol. The number of carbonyl (C=O) groups excluding carboxylic acids is 2. The topological polar surface area (TPSA) is 83.6 Å². The first-order valence-corrected chi connectivity index (χ1v) is 12.2. The SMILES string of the molecule is Cc1c(Cl)cccc1NC(=S)C1=C(NCc2ccncc2Br)CCN(C(=O)OC(C)(C)C)C1=O. The number of nitrogens with one attached hydrogen (secondary N) is 2. The van der Waals surface area contributed by atoms with Gasteiger partial charge in [0.1, 0.15) is 10.6 Å². The molecule has 2 amide bonds. The molecule has 1 aromatic heterocycles. The fourth-order valence-electron chi connectivity index (χ4n) is 3.29. The van der Waals surface area contributed by atoms with E-state index in [1.165, 1.54) is 0 Å². The van der Waals surface area contributed by atoms with Gasteiger partial charge in [0.05, 0.1) is 5.57 Å². The number of carbonyl (C=O) groups is 2. The van der Waals surface area contributed by atoms with Gasteiger partial charge in [-0.05, 0) is 73.0 Å². The molecule has 0 bridgehead atoms. The van der Waals surface area contributed by atoms with Crippen LogP contribution in [0.2, 0.25) is 5.02 Å². The molecule has 0 aliphatic carbocycles. The number of anilines is 1. The largest absolute Gasteiger partial charge is 0.443 e. The summed E-state index contributed by atoms with van der Waals surface area (Å²) < 4.78 is 6.28. The number of hydrogen-bond donors (Lipinski definition) is 2. The molecular weight excluding hydrogens is 540 g/mol. The summed E-state index contributed by atoms with van der Waals surface area (Å²) in [7, 11) is 0. The summed E-state index contributed by atoms with van der Waals surface area (Å²) in [4.78, 5) is 31.6. The zero-order chi connectivity index (χ0) is 25.0. The molecule has 0 spiro atoms. The maximum absolute atomic E-state index is 13.5. The smallest absolute Gasteiger partial charge is 0.417 e. The lowest BCUT2D eigenvalue weighted by Crippen LogP contribution is -2.47. The van der Waals surface area contributed by atoms with Crippen molar-refractivity contribution < 1.29 is 14.3 Å². The molecule has 0 atom stereocenters. The van der Waals surface area contributed by atoms with Gasteiger partial charge < -0.3 is 15.4 Å². The second kappa shape index (κ2) is 10.8. The van der Waals surface area contributed by atoms with Crippen molar-refractivity contribution in [3.05, 3.63) is 68.6 Å². The fourth-order valence-corrected chi connectivity index (χ4v) is 4.18. The number of nitrogens with zero attached hydrogens (tertiary/aromatic N) is 2. The van der Waals surface area contributed by atoms with E-state index >= 15 is 0 Å². The molecule has 0 saturated carbocycles. The van der Waals surface area contributed by atoms with Crippen LogP contribution in [0.5, 0.6) is 0 Å². The third-order valence-corrected chi connectivity index (χ3v) is 6.48.